The van der Waals surface area contributed by atoms with Crippen LogP contribution in [0, 0.1) is 13.8 Å². The van der Waals surface area contributed by atoms with Gasteiger partial charge in [-0.3, -0.25) is 0 Å². The molecule has 17 heavy (non-hydrogen) atoms. The molecule has 0 aliphatic carbocycles. The number of nitrogens with one attached hydrogen (secondary N) is 1. The lowest BCUT2D eigenvalue weighted by atomic mass is 10.1. The molecule has 1 N–H and O–H groups in total. The third kappa shape index (κ3) is 2.44. The molecule has 2 rings (SSSR count). The van der Waals surface area contributed by atoms with Gasteiger partial charge in [0.15, 0.2) is 0 Å². The first-order valence-electron chi connectivity index (χ1n) is 6.52. The second kappa shape index (κ2) is 5.05. The third-order valence-electron chi connectivity index (χ3n) is 3.63. The number of hydrogen-bond donors (Lipinski definition) is 1. The summed E-state index contributed by atoms with van der Waals surface area (Å²) in [6.07, 6.45) is 2.57. The smallest absolute Gasteiger partial charge is 0.133 e. The lowest BCUT2D eigenvalue weighted by Gasteiger charge is -2.26. The van der Waals surface area contributed by atoms with Gasteiger partial charge in [0, 0.05) is 30.4 Å². The van der Waals surface area contributed by atoms with Crippen molar-refractivity contribution >= 4 is 5.82 Å². The van der Waals surface area contributed by atoms with E-state index in [1.807, 2.05) is 7.05 Å². The maximum Gasteiger partial charge on any atom is 0.133 e. The molecule has 3 heteroatoms. The van der Waals surface area contributed by atoms with Gasteiger partial charge in [-0.05, 0) is 52.3 Å². The van der Waals surface area contributed by atoms with Crippen LogP contribution in [0.3, 0.4) is 0 Å². The zero-order valence-electron chi connectivity index (χ0n) is 11.4. The van der Waals surface area contributed by atoms with Gasteiger partial charge in [0.2, 0.25) is 0 Å². The van der Waals surface area contributed by atoms with E-state index in [4.69, 9.17) is 4.98 Å². The molecule has 0 amide bonds. The zero-order chi connectivity index (χ0) is 12.4. The van der Waals surface area contributed by atoms with Crippen LogP contribution in [0.15, 0.2) is 6.07 Å². The van der Waals surface area contributed by atoms with Crippen molar-refractivity contribution in [2.24, 2.45) is 0 Å². The second-order valence-electron chi connectivity index (χ2n) is 5.10. The number of aryl methyl sites for hydroxylation is 2. The van der Waals surface area contributed by atoms with E-state index < -0.39 is 0 Å². The third-order valence-corrected chi connectivity index (χ3v) is 3.63. The van der Waals surface area contributed by atoms with Crippen molar-refractivity contribution in [3.05, 3.63) is 22.9 Å². The van der Waals surface area contributed by atoms with E-state index in [1.165, 1.54) is 29.8 Å². The van der Waals surface area contributed by atoms with Gasteiger partial charge in [-0.15, -0.1) is 0 Å². The van der Waals surface area contributed by atoms with Gasteiger partial charge < -0.3 is 10.2 Å². The van der Waals surface area contributed by atoms with Crippen molar-refractivity contribution in [3.63, 3.8) is 0 Å². The van der Waals surface area contributed by atoms with Crippen LogP contribution in [-0.2, 0) is 6.54 Å². The van der Waals surface area contributed by atoms with Gasteiger partial charge in [0.25, 0.3) is 0 Å². The number of aromatic nitrogens is 1. The molecular weight excluding hydrogens is 210 g/mol. The van der Waals surface area contributed by atoms with E-state index >= 15 is 0 Å². The van der Waals surface area contributed by atoms with Gasteiger partial charge in [-0.2, -0.15) is 0 Å². The predicted molar refractivity (Wildman–Crippen MR) is 72.5 cm³/mol. The normalized spacial score (nSPS) is 20.0. The topological polar surface area (TPSA) is 28.2 Å². The van der Waals surface area contributed by atoms with Crippen LogP contribution in [0.2, 0.25) is 0 Å². The van der Waals surface area contributed by atoms with Crippen LogP contribution < -0.4 is 10.2 Å². The average Bonchev–Trinajstić information content (AvgIpc) is 2.68. The summed E-state index contributed by atoms with van der Waals surface area (Å²) >= 11 is 0. The van der Waals surface area contributed by atoms with Crippen LogP contribution in [0.4, 0.5) is 5.82 Å². The van der Waals surface area contributed by atoms with Crippen molar-refractivity contribution in [1.29, 1.82) is 0 Å². The molecule has 0 spiro atoms. The quantitative estimate of drug-likeness (QED) is 0.869. The molecule has 0 saturated carbocycles. The summed E-state index contributed by atoms with van der Waals surface area (Å²) in [6.45, 7) is 8.62. The van der Waals surface area contributed by atoms with Gasteiger partial charge >= 0.3 is 0 Å². The highest BCUT2D eigenvalue weighted by atomic mass is 15.2. The summed E-state index contributed by atoms with van der Waals surface area (Å²) in [7, 11) is 2.00. The molecule has 1 aromatic rings. The summed E-state index contributed by atoms with van der Waals surface area (Å²) in [5.41, 5.74) is 3.82. The predicted octanol–water partition coefficient (Wildman–Crippen LogP) is 2.41. The van der Waals surface area contributed by atoms with E-state index in [1.54, 1.807) is 0 Å². The lowest BCUT2D eigenvalue weighted by molar-refractivity contribution is 0.713. The van der Waals surface area contributed by atoms with Crippen LogP contribution >= 0.6 is 0 Å². The highest BCUT2D eigenvalue weighted by molar-refractivity contribution is 5.53. The van der Waals surface area contributed by atoms with Crippen molar-refractivity contribution < 1.29 is 0 Å². The van der Waals surface area contributed by atoms with Gasteiger partial charge in [-0.25, -0.2) is 4.98 Å². The number of rotatable bonds is 3. The van der Waals surface area contributed by atoms with Gasteiger partial charge in [0.05, 0.1) is 0 Å². The van der Waals surface area contributed by atoms with Crippen LogP contribution in [0.5, 0.6) is 0 Å². The molecule has 1 aliphatic heterocycles. The number of hydrogen-bond acceptors (Lipinski definition) is 3. The van der Waals surface area contributed by atoms with Crippen LogP contribution in [0.1, 0.15) is 36.6 Å². The van der Waals surface area contributed by atoms with Crippen molar-refractivity contribution in [3.8, 4) is 0 Å². The summed E-state index contributed by atoms with van der Waals surface area (Å²) in [6, 6.07) is 2.80. The Kier molecular flexibility index (Phi) is 3.67. The minimum Gasteiger partial charge on any atom is -0.354 e. The fraction of sp³-hybridized carbons (Fsp3) is 0.643. The van der Waals surface area contributed by atoms with Crippen molar-refractivity contribution in [2.45, 2.75) is 46.2 Å². The Morgan fingerprint density at radius 2 is 2.24 bits per heavy atom. The summed E-state index contributed by atoms with van der Waals surface area (Å²) < 4.78 is 0. The first kappa shape index (κ1) is 12.4. The maximum absolute atomic E-state index is 4.77. The number of pyridine rings is 1. The van der Waals surface area contributed by atoms with E-state index in [2.05, 4.69) is 37.1 Å². The van der Waals surface area contributed by atoms with Crippen LogP contribution in [0.25, 0.3) is 0 Å². The van der Waals surface area contributed by atoms with Crippen molar-refractivity contribution in [2.75, 3.05) is 18.5 Å². The molecule has 2 heterocycles. The molecule has 0 radical (unpaired) electrons. The Morgan fingerprint density at radius 1 is 1.47 bits per heavy atom. The van der Waals surface area contributed by atoms with Gasteiger partial charge in [0.1, 0.15) is 5.82 Å². The Hall–Kier alpha value is -1.09. The van der Waals surface area contributed by atoms with E-state index in [0.29, 0.717) is 6.04 Å². The fourth-order valence-corrected chi connectivity index (χ4v) is 2.72. The standard InChI is InChI=1S/C14H23N3/c1-10-8-11(2)16-14(13(10)9-15-4)17-7-5-6-12(17)3/h8,12,15H,5-7,9H2,1-4H3. The molecule has 1 fully saturated rings. The minimum atomic E-state index is 0.624. The molecule has 1 atom stereocenters. The SMILES string of the molecule is CNCc1c(C)cc(C)nc1N1CCCC1C. The highest BCUT2D eigenvalue weighted by Crippen LogP contribution is 2.29. The maximum atomic E-state index is 4.77. The second-order valence-corrected chi connectivity index (χ2v) is 5.10. The molecule has 1 aromatic heterocycles. The molecular formula is C14H23N3. The summed E-state index contributed by atoms with van der Waals surface area (Å²) in [4.78, 5) is 7.24. The first-order valence-corrected chi connectivity index (χ1v) is 6.52. The molecule has 3 nitrogen and oxygen atoms in total. The van der Waals surface area contributed by atoms with E-state index in [9.17, 15) is 0 Å². The molecule has 0 bridgehead atoms. The number of anilines is 1. The van der Waals surface area contributed by atoms with E-state index in [-0.39, 0.29) is 0 Å². The van der Waals surface area contributed by atoms with E-state index in [0.717, 1.165) is 18.8 Å². The molecule has 1 unspecified atom stereocenters. The Labute approximate surface area is 104 Å². The highest BCUT2D eigenvalue weighted by Gasteiger charge is 2.24. The largest absolute Gasteiger partial charge is 0.354 e. The molecule has 1 saturated heterocycles. The molecule has 0 aromatic carbocycles. The molecule has 94 valence electrons. The average molecular weight is 233 g/mol. The van der Waals surface area contributed by atoms with Crippen molar-refractivity contribution in [1.82, 2.24) is 10.3 Å². The first-order chi connectivity index (χ1) is 8.13. The number of nitrogens with zero attached hydrogens (tertiary/aromatic N) is 2. The fourth-order valence-electron chi connectivity index (χ4n) is 2.72. The monoisotopic (exact) mass is 233 g/mol. The Balaban J connectivity index is 2.42. The Morgan fingerprint density at radius 3 is 2.82 bits per heavy atom. The van der Waals surface area contributed by atoms with Gasteiger partial charge in [-0.1, -0.05) is 0 Å². The minimum absolute atomic E-state index is 0.624. The summed E-state index contributed by atoms with van der Waals surface area (Å²) in [5, 5.41) is 3.26. The zero-order valence-corrected chi connectivity index (χ0v) is 11.4. The summed E-state index contributed by atoms with van der Waals surface area (Å²) in [5.74, 6) is 1.20. The lowest BCUT2D eigenvalue weighted by Crippen LogP contribution is -2.29. The van der Waals surface area contributed by atoms with Crippen LogP contribution in [-0.4, -0.2) is 24.6 Å². The molecule has 1 aliphatic rings. The Bertz CT molecular complexity index is 401.